The minimum absolute atomic E-state index is 0.479. The molecule has 0 aromatic carbocycles. The zero-order valence-corrected chi connectivity index (χ0v) is 11.7. The van der Waals surface area contributed by atoms with Gasteiger partial charge in [0.15, 0.2) is 0 Å². The molecule has 17 heavy (non-hydrogen) atoms. The van der Waals surface area contributed by atoms with E-state index in [1.54, 1.807) is 0 Å². The summed E-state index contributed by atoms with van der Waals surface area (Å²) in [6.07, 6.45) is 1.96. The molecule has 0 spiro atoms. The molecule has 0 amide bonds. The second-order valence-corrected chi connectivity index (χ2v) is 5.25. The molecule has 0 bridgehead atoms. The lowest BCUT2D eigenvalue weighted by Gasteiger charge is -2.22. The van der Waals surface area contributed by atoms with Crippen LogP contribution in [-0.4, -0.2) is 24.6 Å². The molecular weight excluding hydrogens is 210 g/mol. The lowest BCUT2D eigenvalue weighted by molar-refractivity contribution is 0.552. The third-order valence-electron chi connectivity index (χ3n) is 2.83. The summed E-state index contributed by atoms with van der Waals surface area (Å²) < 4.78 is 0. The van der Waals surface area contributed by atoms with Crippen molar-refractivity contribution in [1.82, 2.24) is 10.3 Å². The van der Waals surface area contributed by atoms with Crippen LogP contribution in [0.3, 0.4) is 0 Å². The number of nitrogens with one attached hydrogen (secondary N) is 1. The van der Waals surface area contributed by atoms with Gasteiger partial charge in [0, 0.05) is 25.8 Å². The molecule has 0 atom stereocenters. The second kappa shape index (κ2) is 6.60. The van der Waals surface area contributed by atoms with Gasteiger partial charge >= 0.3 is 0 Å². The highest BCUT2D eigenvalue weighted by Gasteiger charge is 2.05. The van der Waals surface area contributed by atoms with Crippen molar-refractivity contribution in [3.05, 3.63) is 23.9 Å². The van der Waals surface area contributed by atoms with E-state index in [0.717, 1.165) is 18.9 Å². The number of nitrogens with zero attached hydrogens (tertiary/aromatic N) is 2. The molecule has 0 saturated heterocycles. The Morgan fingerprint density at radius 3 is 2.41 bits per heavy atom. The Kier molecular flexibility index (Phi) is 5.42. The first-order chi connectivity index (χ1) is 8.00. The maximum atomic E-state index is 4.48. The van der Waals surface area contributed by atoms with Gasteiger partial charge in [-0.1, -0.05) is 19.9 Å². The topological polar surface area (TPSA) is 28.2 Å². The fourth-order valence-corrected chi connectivity index (χ4v) is 1.50. The molecule has 0 radical (unpaired) electrons. The van der Waals surface area contributed by atoms with E-state index in [9.17, 15) is 0 Å². The van der Waals surface area contributed by atoms with Gasteiger partial charge in [0.25, 0.3) is 0 Å². The summed E-state index contributed by atoms with van der Waals surface area (Å²) in [7, 11) is 2.07. The quantitative estimate of drug-likeness (QED) is 0.821. The Morgan fingerprint density at radius 1 is 1.24 bits per heavy atom. The fraction of sp³-hybridized carbons (Fsp3) is 0.643. The number of rotatable bonds is 6. The van der Waals surface area contributed by atoms with E-state index in [0.29, 0.717) is 12.0 Å². The van der Waals surface area contributed by atoms with E-state index in [1.807, 2.05) is 6.20 Å². The van der Waals surface area contributed by atoms with E-state index in [-0.39, 0.29) is 0 Å². The van der Waals surface area contributed by atoms with Gasteiger partial charge in [-0.25, -0.2) is 4.98 Å². The predicted molar refractivity (Wildman–Crippen MR) is 74.3 cm³/mol. The normalized spacial score (nSPS) is 11.2. The number of hydrogen-bond acceptors (Lipinski definition) is 3. The molecule has 1 aromatic heterocycles. The summed E-state index contributed by atoms with van der Waals surface area (Å²) in [5, 5.41) is 3.42. The highest BCUT2D eigenvalue weighted by molar-refractivity contribution is 5.39. The van der Waals surface area contributed by atoms with Crippen LogP contribution in [0.1, 0.15) is 33.3 Å². The number of aromatic nitrogens is 1. The van der Waals surface area contributed by atoms with Gasteiger partial charge in [-0.05, 0) is 37.9 Å². The lowest BCUT2D eigenvalue weighted by Crippen LogP contribution is -2.26. The first kappa shape index (κ1) is 14.0. The van der Waals surface area contributed by atoms with Crippen LogP contribution in [0.5, 0.6) is 0 Å². The largest absolute Gasteiger partial charge is 0.357 e. The number of pyridine rings is 1. The van der Waals surface area contributed by atoms with Crippen LogP contribution in [0.15, 0.2) is 18.3 Å². The van der Waals surface area contributed by atoms with Crippen LogP contribution in [0.2, 0.25) is 0 Å². The molecule has 0 aliphatic rings. The van der Waals surface area contributed by atoms with Crippen molar-refractivity contribution in [1.29, 1.82) is 0 Å². The Balaban J connectivity index is 2.50. The lowest BCUT2D eigenvalue weighted by atomic mass is 10.2. The molecule has 3 nitrogen and oxygen atoms in total. The summed E-state index contributed by atoms with van der Waals surface area (Å²) in [4.78, 5) is 6.66. The summed E-state index contributed by atoms with van der Waals surface area (Å²) >= 11 is 0. The average Bonchev–Trinajstić information content (AvgIpc) is 2.28. The van der Waals surface area contributed by atoms with Crippen LogP contribution in [-0.2, 0) is 6.54 Å². The number of anilines is 1. The van der Waals surface area contributed by atoms with Crippen LogP contribution in [0, 0.1) is 5.92 Å². The van der Waals surface area contributed by atoms with Crippen molar-refractivity contribution in [3.8, 4) is 0 Å². The van der Waals surface area contributed by atoms with Crippen molar-refractivity contribution in [2.45, 2.75) is 40.3 Å². The highest BCUT2D eigenvalue weighted by atomic mass is 15.2. The second-order valence-electron chi connectivity index (χ2n) is 5.25. The van der Waals surface area contributed by atoms with Gasteiger partial charge in [0.2, 0.25) is 0 Å². The smallest absolute Gasteiger partial charge is 0.128 e. The molecule has 96 valence electrons. The highest BCUT2D eigenvalue weighted by Crippen LogP contribution is 2.12. The predicted octanol–water partition coefficient (Wildman–Crippen LogP) is 2.67. The summed E-state index contributed by atoms with van der Waals surface area (Å²) in [5.74, 6) is 1.72. The summed E-state index contributed by atoms with van der Waals surface area (Å²) in [5.41, 5.74) is 1.24. The maximum absolute atomic E-state index is 4.48. The summed E-state index contributed by atoms with van der Waals surface area (Å²) in [6, 6.07) is 4.72. The molecule has 1 heterocycles. The zero-order chi connectivity index (χ0) is 12.8. The first-order valence-electron chi connectivity index (χ1n) is 6.39. The Morgan fingerprint density at radius 2 is 1.94 bits per heavy atom. The van der Waals surface area contributed by atoms with Gasteiger partial charge in [0.1, 0.15) is 5.82 Å². The van der Waals surface area contributed by atoms with Crippen molar-refractivity contribution < 1.29 is 0 Å². The minimum Gasteiger partial charge on any atom is -0.357 e. The molecule has 1 N–H and O–H groups in total. The van der Waals surface area contributed by atoms with Crippen molar-refractivity contribution >= 4 is 5.82 Å². The van der Waals surface area contributed by atoms with Gasteiger partial charge in [-0.2, -0.15) is 0 Å². The Labute approximate surface area is 105 Å². The third kappa shape index (κ3) is 4.73. The van der Waals surface area contributed by atoms with Crippen LogP contribution >= 0.6 is 0 Å². The molecule has 0 saturated carbocycles. The average molecular weight is 235 g/mol. The Bertz CT molecular complexity index is 317. The number of hydrogen-bond donors (Lipinski definition) is 1. The van der Waals surface area contributed by atoms with E-state index >= 15 is 0 Å². The first-order valence-corrected chi connectivity index (χ1v) is 6.39. The SMILES string of the molecule is CC(C)CNCc1ccc(N(C)C(C)C)nc1. The summed E-state index contributed by atoms with van der Waals surface area (Å²) in [6.45, 7) is 10.7. The molecular formula is C14H25N3. The van der Waals surface area contributed by atoms with Gasteiger partial charge in [-0.3, -0.25) is 0 Å². The molecule has 1 aromatic rings. The molecule has 0 unspecified atom stereocenters. The van der Waals surface area contributed by atoms with Gasteiger partial charge in [0.05, 0.1) is 0 Å². The fourth-order valence-electron chi connectivity index (χ4n) is 1.50. The van der Waals surface area contributed by atoms with Crippen molar-refractivity contribution in [2.75, 3.05) is 18.5 Å². The molecule has 0 aliphatic carbocycles. The van der Waals surface area contributed by atoms with Crippen LogP contribution in [0.25, 0.3) is 0 Å². The van der Waals surface area contributed by atoms with Crippen LogP contribution < -0.4 is 10.2 Å². The van der Waals surface area contributed by atoms with E-state index < -0.39 is 0 Å². The maximum Gasteiger partial charge on any atom is 0.128 e. The van der Waals surface area contributed by atoms with Crippen molar-refractivity contribution in [2.24, 2.45) is 5.92 Å². The zero-order valence-electron chi connectivity index (χ0n) is 11.7. The van der Waals surface area contributed by atoms with E-state index in [2.05, 4.69) is 62.1 Å². The third-order valence-corrected chi connectivity index (χ3v) is 2.83. The van der Waals surface area contributed by atoms with Gasteiger partial charge in [-0.15, -0.1) is 0 Å². The molecule has 0 fully saturated rings. The molecule has 1 rings (SSSR count). The van der Waals surface area contributed by atoms with Crippen LogP contribution in [0.4, 0.5) is 5.82 Å². The standard InChI is InChI=1S/C14H25N3/c1-11(2)8-15-9-13-6-7-14(16-10-13)17(5)12(3)4/h6-7,10-12,15H,8-9H2,1-5H3. The van der Waals surface area contributed by atoms with Crippen molar-refractivity contribution in [3.63, 3.8) is 0 Å². The molecule has 0 aliphatic heterocycles. The monoisotopic (exact) mass is 235 g/mol. The van der Waals surface area contributed by atoms with E-state index in [4.69, 9.17) is 0 Å². The minimum atomic E-state index is 0.479. The Hall–Kier alpha value is -1.09. The van der Waals surface area contributed by atoms with Gasteiger partial charge < -0.3 is 10.2 Å². The molecule has 3 heteroatoms. The van der Waals surface area contributed by atoms with E-state index in [1.165, 1.54) is 5.56 Å².